The number of anilines is 3. The minimum atomic E-state index is -0.0587. The molecule has 160 valence electrons. The van der Waals surface area contributed by atoms with Gasteiger partial charge in [0, 0.05) is 31.6 Å². The number of ether oxygens (including phenoxy) is 1. The van der Waals surface area contributed by atoms with Gasteiger partial charge in [-0.2, -0.15) is 5.10 Å². The number of pyridine rings is 1. The Bertz CT molecular complexity index is 1140. The normalized spacial score (nSPS) is 13.0. The fourth-order valence-corrected chi connectivity index (χ4v) is 3.25. The predicted molar refractivity (Wildman–Crippen MR) is 116 cm³/mol. The first kappa shape index (κ1) is 20.5. The zero-order valence-corrected chi connectivity index (χ0v) is 17.7. The van der Waals surface area contributed by atoms with Crippen molar-refractivity contribution in [2.24, 2.45) is 13.0 Å². The van der Waals surface area contributed by atoms with Crippen LogP contribution >= 0.6 is 0 Å². The van der Waals surface area contributed by atoms with E-state index < -0.39 is 0 Å². The molecule has 1 fully saturated rings. The van der Waals surface area contributed by atoms with Gasteiger partial charge in [0.1, 0.15) is 12.1 Å². The third-order valence-electron chi connectivity index (χ3n) is 5.05. The highest BCUT2D eigenvalue weighted by Gasteiger charge is 2.30. The maximum atomic E-state index is 12.5. The fraction of sp³-hybridized carbons (Fsp3) is 0.318. The second kappa shape index (κ2) is 8.55. The Morgan fingerprint density at radius 3 is 2.68 bits per heavy atom. The van der Waals surface area contributed by atoms with Crippen LogP contribution in [0.5, 0.6) is 5.75 Å². The number of hydrogen-bond donors (Lipinski definition) is 2. The number of aromatic nitrogens is 4. The first-order chi connectivity index (χ1) is 15.0. The molecule has 0 aliphatic heterocycles. The molecule has 1 aliphatic rings. The van der Waals surface area contributed by atoms with E-state index in [-0.39, 0.29) is 17.6 Å². The molecule has 2 aromatic heterocycles. The first-order valence-electron chi connectivity index (χ1n) is 10.1. The molecular formula is C22H24N6O3. The summed E-state index contributed by atoms with van der Waals surface area (Å²) in [5, 5.41) is 10.5. The molecule has 1 aliphatic carbocycles. The predicted octanol–water partition coefficient (Wildman–Crippen LogP) is 3.57. The number of carbonyl (C=O) groups excluding carboxylic acids is 2. The van der Waals surface area contributed by atoms with Gasteiger partial charge in [-0.15, -0.1) is 0 Å². The molecule has 3 aromatic rings. The van der Waals surface area contributed by atoms with Gasteiger partial charge in [0.05, 0.1) is 29.6 Å². The Labute approximate surface area is 179 Å². The number of Topliss-reactive ketones (excluding diaryl/α,β-unsaturated/α-hetero) is 1. The van der Waals surface area contributed by atoms with E-state index in [4.69, 9.17) is 4.74 Å². The standard InChI is InChI=1S/C22H24N6O3/c1-4-18(29)15-11-23-19(26-22(30)13-8-9-13)10-17(15)25-16-7-5-6-14(20(16)31-3)21-24-12-28(2)27-21/h5-7,10-13H,4,8-9H2,1-3H3,(H2,23,25,26,30). The third kappa shape index (κ3) is 4.40. The van der Waals surface area contributed by atoms with Gasteiger partial charge in [0.15, 0.2) is 17.4 Å². The Morgan fingerprint density at radius 1 is 1.23 bits per heavy atom. The van der Waals surface area contributed by atoms with Gasteiger partial charge in [0.2, 0.25) is 5.91 Å². The molecule has 0 unspecified atom stereocenters. The van der Waals surface area contributed by atoms with Crippen LogP contribution in [0.2, 0.25) is 0 Å². The van der Waals surface area contributed by atoms with E-state index >= 15 is 0 Å². The number of nitrogens with zero attached hydrogens (tertiary/aromatic N) is 4. The van der Waals surface area contributed by atoms with Crippen molar-refractivity contribution in [1.82, 2.24) is 19.7 Å². The van der Waals surface area contributed by atoms with E-state index in [0.29, 0.717) is 46.3 Å². The van der Waals surface area contributed by atoms with Gasteiger partial charge >= 0.3 is 0 Å². The quantitative estimate of drug-likeness (QED) is 0.536. The molecule has 0 bridgehead atoms. The molecule has 9 nitrogen and oxygen atoms in total. The van der Waals surface area contributed by atoms with E-state index in [0.717, 1.165) is 12.8 Å². The zero-order chi connectivity index (χ0) is 22.0. The van der Waals surface area contributed by atoms with Crippen LogP contribution in [-0.4, -0.2) is 38.5 Å². The van der Waals surface area contributed by atoms with Crippen LogP contribution in [-0.2, 0) is 11.8 Å². The molecule has 9 heteroatoms. The summed E-state index contributed by atoms with van der Waals surface area (Å²) in [4.78, 5) is 33.2. The second-order valence-electron chi connectivity index (χ2n) is 7.41. The van der Waals surface area contributed by atoms with Crippen molar-refractivity contribution in [3.63, 3.8) is 0 Å². The third-order valence-corrected chi connectivity index (χ3v) is 5.05. The Kier molecular flexibility index (Phi) is 5.66. The molecule has 0 atom stereocenters. The van der Waals surface area contributed by atoms with E-state index in [1.807, 2.05) is 18.2 Å². The number of amides is 1. The molecule has 1 amide bonds. The summed E-state index contributed by atoms with van der Waals surface area (Å²) in [5.74, 6) is 1.42. The van der Waals surface area contributed by atoms with Crippen LogP contribution in [0.15, 0.2) is 36.8 Å². The number of ketones is 1. The lowest BCUT2D eigenvalue weighted by Crippen LogP contribution is -2.15. The minimum Gasteiger partial charge on any atom is -0.494 e. The van der Waals surface area contributed by atoms with Crippen molar-refractivity contribution in [2.75, 3.05) is 17.7 Å². The van der Waals surface area contributed by atoms with Crippen molar-refractivity contribution in [3.8, 4) is 17.1 Å². The molecule has 0 saturated heterocycles. The fourth-order valence-electron chi connectivity index (χ4n) is 3.25. The van der Waals surface area contributed by atoms with E-state index in [1.165, 1.54) is 6.20 Å². The van der Waals surface area contributed by atoms with Crippen LogP contribution < -0.4 is 15.4 Å². The Morgan fingerprint density at radius 2 is 2.03 bits per heavy atom. The summed E-state index contributed by atoms with van der Waals surface area (Å²) in [6.07, 6.45) is 5.24. The largest absolute Gasteiger partial charge is 0.494 e. The van der Waals surface area contributed by atoms with Gasteiger partial charge in [-0.25, -0.2) is 9.97 Å². The molecule has 1 saturated carbocycles. The van der Waals surface area contributed by atoms with Crippen molar-refractivity contribution in [1.29, 1.82) is 0 Å². The summed E-state index contributed by atoms with van der Waals surface area (Å²) in [6, 6.07) is 7.24. The average Bonchev–Trinajstić information content (AvgIpc) is 3.54. The van der Waals surface area contributed by atoms with Crippen LogP contribution in [0, 0.1) is 5.92 Å². The van der Waals surface area contributed by atoms with E-state index in [1.54, 1.807) is 38.2 Å². The first-order valence-corrected chi connectivity index (χ1v) is 10.1. The lowest BCUT2D eigenvalue weighted by Gasteiger charge is -2.16. The highest BCUT2D eigenvalue weighted by atomic mass is 16.5. The van der Waals surface area contributed by atoms with Crippen molar-refractivity contribution in [2.45, 2.75) is 26.2 Å². The van der Waals surface area contributed by atoms with Crippen molar-refractivity contribution in [3.05, 3.63) is 42.4 Å². The summed E-state index contributed by atoms with van der Waals surface area (Å²) in [5.41, 5.74) is 2.34. The molecule has 0 radical (unpaired) electrons. The van der Waals surface area contributed by atoms with Crippen LogP contribution in [0.3, 0.4) is 0 Å². The average molecular weight is 420 g/mol. The number of rotatable bonds is 8. The highest BCUT2D eigenvalue weighted by Crippen LogP contribution is 2.37. The van der Waals surface area contributed by atoms with Crippen molar-refractivity contribution >= 4 is 28.9 Å². The smallest absolute Gasteiger partial charge is 0.228 e. The molecule has 4 rings (SSSR count). The molecule has 2 N–H and O–H groups in total. The van der Waals surface area contributed by atoms with E-state index in [9.17, 15) is 9.59 Å². The van der Waals surface area contributed by atoms with E-state index in [2.05, 4.69) is 25.7 Å². The van der Waals surface area contributed by atoms with Crippen LogP contribution in [0.4, 0.5) is 17.2 Å². The highest BCUT2D eigenvalue weighted by molar-refractivity contribution is 6.03. The van der Waals surface area contributed by atoms with Crippen LogP contribution in [0.1, 0.15) is 36.5 Å². The summed E-state index contributed by atoms with van der Waals surface area (Å²) in [7, 11) is 3.36. The Balaban J connectivity index is 1.71. The number of hydrogen-bond acceptors (Lipinski definition) is 7. The van der Waals surface area contributed by atoms with Crippen LogP contribution in [0.25, 0.3) is 11.4 Å². The maximum absolute atomic E-state index is 12.5. The summed E-state index contributed by atoms with van der Waals surface area (Å²) < 4.78 is 7.27. The Hall–Kier alpha value is -3.75. The lowest BCUT2D eigenvalue weighted by molar-refractivity contribution is -0.117. The van der Waals surface area contributed by atoms with Crippen molar-refractivity contribution < 1.29 is 14.3 Å². The van der Waals surface area contributed by atoms with Gasteiger partial charge in [-0.3, -0.25) is 14.3 Å². The topological polar surface area (TPSA) is 111 Å². The number of para-hydroxylation sites is 1. The second-order valence-corrected chi connectivity index (χ2v) is 7.41. The van der Waals surface area contributed by atoms with Gasteiger partial charge in [-0.05, 0) is 25.0 Å². The molecule has 1 aromatic carbocycles. The summed E-state index contributed by atoms with van der Waals surface area (Å²) >= 11 is 0. The number of carbonyl (C=O) groups is 2. The number of benzene rings is 1. The molecule has 0 spiro atoms. The summed E-state index contributed by atoms with van der Waals surface area (Å²) in [6.45, 7) is 1.79. The number of aryl methyl sites for hydroxylation is 1. The minimum absolute atomic E-state index is 0.0474. The SMILES string of the molecule is CCC(=O)c1cnc(NC(=O)C2CC2)cc1Nc1cccc(-c2ncn(C)n2)c1OC. The molecule has 2 heterocycles. The number of methoxy groups -OCH3 is 1. The lowest BCUT2D eigenvalue weighted by atomic mass is 10.1. The monoisotopic (exact) mass is 420 g/mol. The molecule has 31 heavy (non-hydrogen) atoms. The number of nitrogens with one attached hydrogen (secondary N) is 2. The zero-order valence-electron chi connectivity index (χ0n) is 17.7. The maximum Gasteiger partial charge on any atom is 0.228 e. The van der Waals surface area contributed by atoms with Gasteiger partial charge in [0.25, 0.3) is 0 Å². The molecular weight excluding hydrogens is 396 g/mol. The van der Waals surface area contributed by atoms with Gasteiger partial charge < -0.3 is 15.4 Å². The van der Waals surface area contributed by atoms with Gasteiger partial charge in [-0.1, -0.05) is 13.0 Å².